The van der Waals surface area contributed by atoms with Gasteiger partial charge in [0.15, 0.2) is 37.8 Å². The first kappa shape index (κ1) is 39.4. The van der Waals surface area contributed by atoms with Crippen molar-refractivity contribution in [1.82, 2.24) is 0 Å². The Kier molecular flexibility index (Phi) is 11.1. The Labute approximate surface area is 322 Å². The average molecular weight is 770 g/mol. The molecule has 0 aliphatic carbocycles. The molecule has 0 aromatic heterocycles. The molecule has 0 atom stereocenters. The molecule has 9 heteroatoms. The summed E-state index contributed by atoms with van der Waals surface area (Å²) in [5, 5.41) is 0. The van der Waals surface area contributed by atoms with Gasteiger partial charge < -0.3 is 14.2 Å². The second-order valence-corrected chi connectivity index (χ2v) is 16.6. The molecule has 284 valence electrons. The monoisotopic (exact) mass is 769 g/mol. The molecule has 6 aromatic rings. The third-order valence-electron chi connectivity index (χ3n) is 9.27. The SMILES string of the molecule is CC(C)(Oc1cc([S+](c2ccc(F)c(OC(C)(C)c3ccccc3)c2)c2ccc(C(F)(F)F)c(OC(C)(C)c3ccccc3)c2)ccc1F)c1ccccc1. The highest BCUT2D eigenvalue weighted by Crippen LogP contribution is 2.44. The Morgan fingerprint density at radius 1 is 0.400 bits per heavy atom. The largest absolute Gasteiger partial charge is 0.482 e. The van der Waals surface area contributed by atoms with E-state index >= 15 is 8.78 Å². The van der Waals surface area contributed by atoms with Gasteiger partial charge in [-0.2, -0.15) is 13.2 Å². The number of alkyl halides is 3. The predicted molar refractivity (Wildman–Crippen MR) is 207 cm³/mol. The molecule has 0 fully saturated rings. The van der Waals surface area contributed by atoms with E-state index in [2.05, 4.69) is 0 Å². The molecule has 0 saturated heterocycles. The van der Waals surface area contributed by atoms with Gasteiger partial charge in [-0.25, -0.2) is 8.78 Å². The second-order valence-electron chi connectivity index (χ2n) is 14.6. The topological polar surface area (TPSA) is 27.7 Å². The molecular weight excluding hydrogens is 728 g/mol. The molecule has 0 aliphatic rings. The standard InChI is InChI=1S/C46H42F5O3S/c1-43(2,31-16-10-7-11-17-31)52-40-28-34(22-25-37(40)46(49,50)51)55(35-23-26-38(47)41(29-35)53-44(3,4)32-18-12-8-13-19-32)36-24-27-39(48)42(30-36)54-45(5,6)33-20-14-9-15-21-33/h7-30H,1-6H3/q+1. The number of benzene rings is 6. The summed E-state index contributed by atoms with van der Waals surface area (Å²) in [4.78, 5) is 1.42. The van der Waals surface area contributed by atoms with Crippen LogP contribution in [0.1, 0.15) is 63.8 Å². The molecule has 55 heavy (non-hydrogen) atoms. The van der Waals surface area contributed by atoms with Crippen molar-refractivity contribution in [1.29, 1.82) is 0 Å². The van der Waals surface area contributed by atoms with Crippen LogP contribution >= 0.6 is 0 Å². The van der Waals surface area contributed by atoms with E-state index in [-0.39, 0.29) is 17.2 Å². The molecule has 6 rings (SSSR count). The van der Waals surface area contributed by atoms with Crippen molar-refractivity contribution >= 4 is 10.9 Å². The Morgan fingerprint density at radius 2 is 0.709 bits per heavy atom. The van der Waals surface area contributed by atoms with Gasteiger partial charge in [0.05, 0.1) is 16.5 Å². The second kappa shape index (κ2) is 15.5. The lowest BCUT2D eigenvalue weighted by Crippen LogP contribution is -2.27. The fraction of sp³-hybridized carbons (Fsp3) is 0.217. The maximum absolute atomic E-state index is 15.6. The van der Waals surface area contributed by atoms with Crippen LogP contribution in [0.25, 0.3) is 0 Å². The van der Waals surface area contributed by atoms with Crippen molar-refractivity contribution in [3.05, 3.63) is 179 Å². The van der Waals surface area contributed by atoms with Crippen molar-refractivity contribution in [2.24, 2.45) is 0 Å². The fourth-order valence-corrected chi connectivity index (χ4v) is 8.36. The van der Waals surface area contributed by atoms with Gasteiger partial charge in [0, 0.05) is 18.2 Å². The highest BCUT2D eigenvalue weighted by molar-refractivity contribution is 7.97. The minimum Gasteiger partial charge on any atom is -0.482 e. The highest BCUT2D eigenvalue weighted by atomic mass is 32.2. The molecule has 0 amide bonds. The summed E-state index contributed by atoms with van der Waals surface area (Å²) in [7, 11) is -1.26. The van der Waals surface area contributed by atoms with E-state index in [0.717, 1.165) is 17.2 Å². The molecule has 0 spiro atoms. The number of hydrogen-bond donors (Lipinski definition) is 0. The zero-order chi connectivity index (χ0) is 39.6. The minimum absolute atomic E-state index is 0.0544. The molecule has 0 aliphatic heterocycles. The van der Waals surface area contributed by atoms with Gasteiger partial charge in [-0.1, -0.05) is 91.0 Å². The third kappa shape index (κ3) is 9.00. The summed E-state index contributed by atoms with van der Waals surface area (Å²) in [6.45, 7) is 10.7. The quantitative estimate of drug-likeness (QED) is 0.0916. The van der Waals surface area contributed by atoms with Gasteiger partial charge in [0.25, 0.3) is 0 Å². The van der Waals surface area contributed by atoms with E-state index in [9.17, 15) is 13.2 Å². The van der Waals surface area contributed by atoms with Crippen LogP contribution in [0.4, 0.5) is 22.0 Å². The van der Waals surface area contributed by atoms with Crippen LogP contribution < -0.4 is 14.2 Å². The van der Waals surface area contributed by atoms with E-state index in [4.69, 9.17) is 14.2 Å². The summed E-state index contributed by atoms with van der Waals surface area (Å²) in [5.74, 6) is -1.73. The Hall–Kier alpha value is -5.28. The van der Waals surface area contributed by atoms with Gasteiger partial charge in [-0.15, -0.1) is 0 Å². The molecule has 0 saturated carbocycles. The van der Waals surface area contributed by atoms with Crippen LogP contribution in [0, 0.1) is 11.6 Å². The van der Waals surface area contributed by atoms with E-state index in [1.165, 1.54) is 24.3 Å². The van der Waals surface area contributed by atoms with Crippen molar-refractivity contribution in [2.75, 3.05) is 0 Å². The van der Waals surface area contributed by atoms with Crippen LogP contribution in [0.3, 0.4) is 0 Å². The van der Waals surface area contributed by atoms with Gasteiger partial charge in [-0.05, 0) is 94.6 Å². The molecule has 3 nitrogen and oxygen atoms in total. The van der Waals surface area contributed by atoms with E-state index in [1.807, 2.05) is 94.4 Å². The molecule has 0 N–H and O–H groups in total. The summed E-state index contributed by atoms with van der Waals surface area (Å²) < 4.78 is 93.9. The third-order valence-corrected chi connectivity index (χ3v) is 11.4. The first-order chi connectivity index (χ1) is 25.9. The Balaban J connectivity index is 1.51. The van der Waals surface area contributed by atoms with Gasteiger partial charge in [-0.3, -0.25) is 0 Å². The zero-order valence-electron chi connectivity index (χ0n) is 31.4. The number of ether oxygens (including phenoxy) is 3. The number of halogens is 5. The number of rotatable bonds is 12. The lowest BCUT2D eigenvalue weighted by Gasteiger charge is -2.29. The fourth-order valence-electron chi connectivity index (χ4n) is 6.25. The molecule has 0 heterocycles. The van der Waals surface area contributed by atoms with Crippen molar-refractivity contribution in [2.45, 2.75) is 79.2 Å². The summed E-state index contributed by atoms with van der Waals surface area (Å²) >= 11 is 0. The van der Waals surface area contributed by atoms with Crippen LogP contribution in [0.5, 0.6) is 17.2 Å². The van der Waals surface area contributed by atoms with Crippen molar-refractivity contribution in [3.8, 4) is 17.2 Å². The predicted octanol–water partition coefficient (Wildman–Crippen LogP) is 13.0. The average Bonchev–Trinajstić information content (AvgIpc) is 3.14. The van der Waals surface area contributed by atoms with E-state index in [0.29, 0.717) is 20.2 Å². The van der Waals surface area contributed by atoms with E-state index in [1.54, 1.807) is 62.4 Å². The van der Waals surface area contributed by atoms with Crippen LogP contribution in [-0.4, -0.2) is 0 Å². The minimum atomic E-state index is -4.74. The van der Waals surface area contributed by atoms with Crippen LogP contribution in [0.2, 0.25) is 0 Å². The molecule has 0 unspecified atom stereocenters. The van der Waals surface area contributed by atoms with Gasteiger partial charge >= 0.3 is 6.18 Å². The first-order valence-electron chi connectivity index (χ1n) is 17.7. The lowest BCUT2D eigenvalue weighted by atomic mass is 9.98. The summed E-state index contributed by atoms with van der Waals surface area (Å²) in [5.41, 5.74) is -1.70. The maximum Gasteiger partial charge on any atom is 0.419 e. The molecule has 0 bridgehead atoms. The van der Waals surface area contributed by atoms with Crippen LogP contribution in [-0.2, 0) is 33.9 Å². The maximum atomic E-state index is 15.6. The lowest BCUT2D eigenvalue weighted by molar-refractivity contribution is -0.139. The molecular formula is C46H42F5O3S+. The Morgan fingerprint density at radius 3 is 1.05 bits per heavy atom. The summed E-state index contributed by atoms with van der Waals surface area (Å²) in [6, 6.07) is 40.2. The highest BCUT2D eigenvalue weighted by Gasteiger charge is 2.40. The molecule has 6 aromatic carbocycles. The summed E-state index contributed by atoms with van der Waals surface area (Å²) in [6.07, 6.45) is -4.74. The van der Waals surface area contributed by atoms with Gasteiger partial charge in [0.1, 0.15) is 22.6 Å². The van der Waals surface area contributed by atoms with E-state index < -0.39 is 51.1 Å². The molecule has 0 radical (unpaired) electrons. The zero-order valence-corrected chi connectivity index (χ0v) is 32.2. The van der Waals surface area contributed by atoms with Crippen molar-refractivity contribution < 1.29 is 36.2 Å². The Bertz CT molecular complexity index is 2140. The first-order valence-corrected chi connectivity index (χ1v) is 19.0. The van der Waals surface area contributed by atoms with Gasteiger partial charge in [0.2, 0.25) is 0 Å². The van der Waals surface area contributed by atoms with Crippen molar-refractivity contribution in [3.63, 3.8) is 0 Å². The normalized spacial score (nSPS) is 12.4. The smallest absolute Gasteiger partial charge is 0.419 e. The number of hydrogen-bond acceptors (Lipinski definition) is 3. The van der Waals surface area contributed by atoms with Crippen LogP contribution in [0.15, 0.2) is 160 Å².